The number of aryl methyl sites for hydroxylation is 1. The fourth-order valence-electron chi connectivity index (χ4n) is 1.37. The molecule has 6 heteroatoms. The highest BCUT2D eigenvalue weighted by atomic mass is 35.5. The number of oxazole rings is 1. The van der Waals surface area contributed by atoms with Crippen LogP contribution in [0.5, 0.6) is 0 Å². The van der Waals surface area contributed by atoms with Gasteiger partial charge in [0.25, 0.3) is 0 Å². The topological polar surface area (TPSA) is 26.0 Å². The van der Waals surface area contributed by atoms with Crippen LogP contribution in [0.3, 0.4) is 0 Å². The van der Waals surface area contributed by atoms with Gasteiger partial charge in [-0.05, 0) is 25.1 Å². The van der Waals surface area contributed by atoms with E-state index in [9.17, 15) is 13.2 Å². The van der Waals surface area contributed by atoms with Gasteiger partial charge in [-0.3, -0.25) is 0 Å². The third-order valence-electron chi connectivity index (χ3n) is 2.14. The predicted molar refractivity (Wildman–Crippen MR) is 56.7 cm³/mol. The Labute approximate surface area is 100 Å². The van der Waals surface area contributed by atoms with Crippen molar-refractivity contribution in [2.75, 3.05) is 0 Å². The van der Waals surface area contributed by atoms with Crippen molar-refractivity contribution in [2.45, 2.75) is 13.1 Å². The first-order valence-electron chi connectivity index (χ1n) is 4.67. The van der Waals surface area contributed by atoms with E-state index in [4.69, 9.17) is 16.0 Å². The number of aromatic nitrogens is 1. The summed E-state index contributed by atoms with van der Waals surface area (Å²) in [5.41, 5.74) is -0.456. The average molecular weight is 262 g/mol. The Hall–Kier alpha value is -1.49. The Bertz CT molecular complexity index is 548. The lowest BCUT2D eigenvalue weighted by Gasteiger charge is -2.09. The lowest BCUT2D eigenvalue weighted by molar-refractivity contribution is -0.137. The van der Waals surface area contributed by atoms with Gasteiger partial charge in [0.05, 0.1) is 16.8 Å². The van der Waals surface area contributed by atoms with Crippen molar-refractivity contribution in [1.82, 2.24) is 4.98 Å². The van der Waals surface area contributed by atoms with E-state index >= 15 is 0 Å². The van der Waals surface area contributed by atoms with Crippen LogP contribution < -0.4 is 0 Å². The molecule has 2 aromatic rings. The van der Waals surface area contributed by atoms with E-state index in [-0.39, 0.29) is 10.9 Å². The van der Waals surface area contributed by atoms with E-state index in [1.807, 2.05) is 0 Å². The lowest BCUT2D eigenvalue weighted by Crippen LogP contribution is -2.05. The van der Waals surface area contributed by atoms with Gasteiger partial charge in [-0.1, -0.05) is 11.6 Å². The number of rotatable bonds is 1. The smallest absolute Gasteiger partial charge is 0.417 e. The van der Waals surface area contributed by atoms with Crippen molar-refractivity contribution >= 4 is 11.6 Å². The van der Waals surface area contributed by atoms with Crippen LogP contribution in [0.4, 0.5) is 13.2 Å². The Kier molecular flexibility index (Phi) is 2.87. The molecule has 0 unspecified atom stereocenters. The van der Waals surface area contributed by atoms with Gasteiger partial charge in [-0.25, -0.2) is 4.98 Å². The molecule has 0 aliphatic rings. The van der Waals surface area contributed by atoms with Gasteiger partial charge >= 0.3 is 6.18 Å². The number of nitrogens with zero attached hydrogens (tertiary/aromatic N) is 1. The second kappa shape index (κ2) is 4.07. The quantitative estimate of drug-likeness (QED) is 0.764. The summed E-state index contributed by atoms with van der Waals surface area (Å²) in [6, 6.07) is 3.38. The molecule has 0 aliphatic carbocycles. The number of benzene rings is 1. The van der Waals surface area contributed by atoms with Gasteiger partial charge in [0.15, 0.2) is 0 Å². The van der Waals surface area contributed by atoms with Crippen LogP contribution >= 0.6 is 11.6 Å². The number of hydrogen-bond donors (Lipinski definition) is 0. The Balaban J connectivity index is 2.44. The SMILES string of the molecule is Cc1cnc(-c2ccc(C(F)(F)F)c(Cl)c2)o1. The monoisotopic (exact) mass is 261 g/mol. The molecular weight excluding hydrogens is 255 g/mol. The zero-order valence-corrected chi connectivity index (χ0v) is 9.43. The minimum Gasteiger partial charge on any atom is -0.441 e. The third kappa shape index (κ3) is 2.44. The predicted octanol–water partition coefficient (Wildman–Crippen LogP) is 4.32. The van der Waals surface area contributed by atoms with Crippen molar-refractivity contribution in [2.24, 2.45) is 0 Å². The molecule has 0 amide bonds. The summed E-state index contributed by atoms with van der Waals surface area (Å²) in [4.78, 5) is 3.91. The molecular formula is C11H7ClF3NO. The van der Waals surface area contributed by atoms with Gasteiger partial charge in [-0.15, -0.1) is 0 Å². The second-order valence-electron chi connectivity index (χ2n) is 3.47. The highest BCUT2D eigenvalue weighted by molar-refractivity contribution is 6.31. The summed E-state index contributed by atoms with van der Waals surface area (Å²) in [5, 5.41) is -0.370. The van der Waals surface area contributed by atoms with Gasteiger partial charge < -0.3 is 4.42 Å². The summed E-state index contributed by atoms with van der Waals surface area (Å²) in [7, 11) is 0. The molecule has 1 aromatic carbocycles. The lowest BCUT2D eigenvalue weighted by atomic mass is 10.1. The first-order valence-corrected chi connectivity index (χ1v) is 5.05. The molecule has 0 fully saturated rings. The summed E-state index contributed by atoms with van der Waals surface area (Å²) < 4.78 is 42.6. The third-order valence-corrected chi connectivity index (χ3v) is 2.46. The summed E-state index contributed by atoms with van der Waals surface area (Å²) in [6.45, 7) is 1.70. The minimum absolute atomic E-state index is 0.248. The van der Waals surface area contributed by atoms with E-state index in [2.05, 4.69) is 4.98 Å². The highest BCUT2D eigenvalue weighted by Crippen LogP contribution is 2.36. The molecule has 0 saturated heterocycles. The number of halogens is 4. The Morgan fingerprint density at radius 3 is 2.47 bits per heavy atom. The molecule has 1 aromatic heterocycles. The van der Waals surface area contributed by atoms with Crippen molar-refractivity contribution in [1.29, 1.82) is 0 Å². The van der Waals surface area contributed by atoms with E-state index in [0.29, 0.717) is 11.3 Å². The van der Waals surface area contributed by atoms with Gasteiger partial charge in [0, 0.05) is 5.56 Å². The zero-order chi connectivity index (χ0) is 12.6. The maximum atomic E-state index is 12.5. The van der Waals surface area contributed by atoms with E-state index in [1.165, 1.54) is 18.3 Å². The van der Waals surface area contributed by atoms with E-state index in [1.54, 1.807) is 6.92 Å². The zero-order valence-electron chi connectivity index (χ0n) is 8.68. The average Bonchev–Trinajstić information content (AvgIpc) is 2.62. The maximum Gasteiger partial charge on any atom is 0.417 e. The van der Waals surface area contributed by atoms with E-state index < -0.39 is 11.7 Å². The van der Waals surface area contributed by atoms with Crippen LogP contribution in [0.15, 0.2) is 28.8 Å². The van der Waals surface area contributed by atoms with Crippen LogP contribution in [0.25, 0.3) is 11.5 Å². The first-order chi connectivity index (χ1) is 7.88. The fraction of sp³-hybridized carbons (Fsp3) is 0.182. The van der Waals surface area contributed by atoms with Crippen molar-refractivity contribution < 1.29 is 17.6 Å². The van der Waals surface area contributed by atoms with Crippen molar-refractivity contribution in [3.8, 4) is 11.5 Å². The summed E-state index contributed by atoms with van der Waals surface area (Å²) in [6.07, 6.45) is -2.97. The molecule has 2 nitrogen and oxygen atoms in total. The van der Waals surface area contributed by atoms with Gasteiger partial charge in [0.2, 0.25) is 5.89 Å². The van der Waals surface area contributed by atoms with E-state index in [0.717, 1.165) is 6.07 Å². The van der Waals surface area contributed by atoms with Crippen LogP contribution in [-0.2, 0) is 6.18 Å². The van der Waals surface area contributed by atoms with Crippen LogP contribution in [0.1, 0.15) is 11.3 Å². The fourth-order valence-corrected chi connectivity index (χ4v) is 1.65. The molecule has 0 aliphatic heterocycles. The van der Waals surface area contributed by atoms with Crippen molar-refractivity contribution in [3.05, 3.63) is 40.7 Å². The maximum absolute atomic E-state index is 12.5. The minimum atomic E-state index is -4.46. The van der Waals surface area contributed by atoms with Crippen LogP contribution in [-0.4, -0.2) is 4.98 Å². The van der Waals surface area contributed by atoms with Crippen LogP contribution in [0, 0.1) is 6.92 Å². The molecule has 0 radical (unpaired) electrons. The molecule has 0 spiro atoms. The number of alkyl halides is 3. The Morgan fingerprint density at radius 2 is 2.00 bits per heavy atom. The molecule has 17 heavy (non-hydrogen) atoms. The largest absolute Gasteiger partial charge is 0.441 e. The summed E-state index contributed by atoms with van der Waals surface area (Å²) >= 11 is 5.58. The molecule has 90 valence electrons. The molecule has 0 bridgehead atoms. The number of hydrogen-bond acceptors (Lipinski definition) is 2. The first kappa shape index (κ1) is 12.0. The molecule has 1 heterocycles. The normalized spacial score (nSPS) is 11.8. The molecule has 0 N–H and O–H groups in total. The van der Waals surface area contributed by atoms with Crippen LogP contribution in [0.2, 0.25) is 5.02 Å². The Morgan fingerprint density at radius 1 is 1.29 bits per heavy atom. The molecule has 0 saturated carbocycles. The van der Waals surface area contributed by atoms with Gasteiger partial charge in [-0.2, -0.15) is 13.2 Å². The van der Waals surface area contributed by atoms with Gasteiger partial charge in [0.1, 0.15) is 5.76 Å². The summed E-state index contributed by atoms with van der Waals surface area (Å²) in [5.74, 6) is 0.828. The molecule has 0 atom stereocenters. The standard InChI is InChI=1S/C11H7ClF3NO/c1-6-5-16-10(17-6)7-2-3-8(9(12)4-7)11(13,14)15/h2-5H,1H3. The second-order valence-corrected chi connectivity index (χ2v) is 3.88. The van der Waals surface area contributed by atoms with Crippen molar-refractivity contribution in [3.63, 3.8) is 0 Å². The molecule has 2 rings (SSSR count). The highest BCUT2D eigenvalue weighted by Gasteiger charge is 2.33.